The zero-order chi connectivity index (χ0) is 23.0. The molecule has 1 aliphatic rings. The van der Waals surface area contributed by atoms with Gasteiger partial charge in [0.2, 0.25) is 0 Å². The Morgan fingerprint density at radius 1 is 1.03 bits per heavy atom. The Morgan fingerprint density at radius 3 is 2.38 bits per heavy atom. The SMILES string of the molecule is CCOC(=O)c1ccc(CCN2CCN(C/C=C/c3cccc(C(F)(F)F)c3)CC2)cc1. The molecule has 4 nitrogen and oxygen atoms in total. The van der Waals surface area contributed by atoms with Crippen molar-refractivity contribution in [2.24, 2.45) is 0 Å². The van der Waals surface area contributed by atoms with Crippen molar-refractivity contribution in [1.82, 2.24) is 9.80 Å². The van der Waals surface area contributed by atoms with Gasteiger partial charge in [0.25, 0.3) is 0 Å². The largest absolute Gasteiger partial charge is 0.462 e. The summed E-state index contributed by atoms with van der Waals surface area (Å²) in [5.74, 6) is -0.294. The van der Waals surface area contributed by atoms with Crippen molar-refractivity contribution in [2.45, 2.75) is 19.5 Å². The molecule has 3 rings (SSSR count). The monoisotopic (exact) mass is 446 g/mol. The van der Waals surface area contributed by atoms with Crippen LogP contribution in [0.25, 0.3) is 6.08 Å². The lowest BCUT2D eigenvalue weighted by Crippen LogP contribution is -2.46. The molecule has 2 aromatic carbocycles. The Labute approximate surface area is 187 Å². The van der Waals surface area contributed by atoms with E-state index in [1.165, 1.54) is 17.7 Å². The molecule has 0 N–H and O–H groups in total. The summed E-state index contributed by atoms with van der Waals surface area (Å²) in [6, 6.07) is 12.9. The molecule has 0 radical (unpaired) electrons. The highest BCUT2D eigenvalue weighted by Crippen LogP contribution is 2.29. The number of hydrogen-bond donors (Lipinski definition) is 0. The molecule has 172 valence electrons. The average molecular weight is 447 g/mol. The lowest BCUT2D eigenvalue weighted by molar-refractivity contribution is -0.137. The van der Waals surface area contributed by atoms with Crippen LogP contribution in [0, 0.1) is 0 Å². The fourth-order valence-corrected chi connectivity index (χ4v) is 3.66. The smallest absolute Gasteiger partial charge is 0.416 e. The van der Waals surface area contributed by atoms with Gasteiger partial charge in [0, 0.05) is 39.3 Å². The molecule has 1 fully saturated rings. The molecule has 2 aromatic rings. The van der Waals surface area contributed by atoms with Crippen molar-refractivity contribution < 1.29 is 22.7 Å². The Kier molecular flexibility index (Phi) is 8.47. The van der Waals surface area contributed by atoms with E-state index in [2.05, 4.69) is 9.80 Å². The number of halogens is 3. The van der Waals surface area contributed by atoms with Gasteiger partial charge in [-0.1, -0.05) is 36.4 Å². The van der Waals surface area contributed by atoms with Crippen LogP contribution in [0.15, 0.2) is 54.6 Å². The lowest BCUT2D eigenvalue weighted by atomic mass is 10.1. The maximum absolute atomic E-state index is 12.8. The summed E-state index contributed by atoms with van der Waals surface area (Å²) in [5, 5.41) is 0. The lowest BCUT2D eigenvalue weighted by Gasteiger charge is -2.34. The first kappa shape index (κ1) is 24.0. The van der Waals surface area contributed by atoms with Gasteiger partial charge in [-0.3, -0.25) is 4.90 Å². The number of carbonyl (C=O) groups excluding carboxylic acids is 1. The molecular formula is C25H29F3N2O2. The second-order valence-electron chi connectivity index (χ2n) is 7.84. The first-order chi connectivity index (χ1) is 15.3. The Hall–Kier alpha value is -2.64. The highest BCUT2D eigenvalue weighted by atomic mass is 19.4. The van der Waals surface area contributed by atoms with E-state index in [1.807, 2.05) is 30.3 Å². The number of carbonyl (C=O) groups is 1. The third-order valence-electron chi connectivity index (χ3n) is 5.53. The molecule has 32 heavy (non-hydrogen) atoms. The topological polar surface area (TPSA) is 32.8 Å². The number of rotatable bonds is 8. The van der Waals surface area contributed by atoms with Crippen LogP contribution in [0.4, 0.5) is 13.2 Å². The molecule has 0 aromatic heterocycles. The van der Waals surface area contributed by atoms with Gasteiger partial charge in [0.05, 0.1) is 17.7 Å². The summed E-state index contributed by atoms with van der Waals surface area (Å²) in [5.41, 5.74) is 1.70. The third-order valence-corrected chi connectivity index (χ3v) is 5.53. The fourth-order valence-electron chi connectivity index (χ4n) is 3.66. The van der Waals surface area contributed by atoms with Gasteiger partial charge in [-0.25, -0.2) is 4.79 Å². The van der Waals surface area contributed by atoms with Gasteiger partial charge in [-0.2, -0.15) is 13.2 Å². The summed E-state index contributed by atoms with van der Waals surface area (Å²) in [4.78, 5) is 16.4. The molecule has 7 heteroatoms. The van der Waals surface area contributed by atoms with E-state index >= 15 is 0 Å². The van der Waals surface area contributed by atoms with Crippen LogP contribution in [0.3, 0.4) is 0 Å². The van der Waals surface area contributed by atoms with Crippen LogP contribution in [-0.4, -0.2) is 61.6 Å². The summed E-state index contributed by atoms with van der Waals surface area (Å²) in [7, 11) is 0. The molecule has 1 heterocycles. The van der Waals surface area contributed by atoms with Crippen LogP contribution in [0.2, 0.25) is 0 Å². The minimum absolute atomic E-state index is 0.294. The Bertz CT molecular complexity index is 902. The van der Waals surface area contributed by atoms with Crippen LogP contribution in [-0.2, 0) is 17.3 Å². The van der Waals surface area contributed by atoms with Crippen LogP contribution in [0.5, 0.6) is 0 Å². The van der Waals surface area contributed by atoms with Crippen molar-refractivity contribution in [2.75, 3.05) is 45.9 Å². The minimum Gasteiger partial charge on any atom is -0.462 e. The van der Waals surface area contributed by atoms with E-state index in [4.69, 9.17) is 4.74 Å². The number of ether oxygens (including phenoxy) is 1. The molecule has 0 saturated carbocycles. The minimum atomic E-state index is -4.32. The van der Waals surface area contributed by atoms with Gasteiger partial charge in [-0.15, -0.1) is 0 Å². The van der Waals surface area contributed by atoms with Gasteiger partial charge in [-0.05, 0) is 48.7 Å². The van der Waals surface area contributed by atoms with E-state index in [9.17, 15) is 18.0 Å². The van der Waals surface area contributed by atoms with Gasteiger partial charge >= 0.3 is 12.1 Å². The first-order valence-corrected chi connectivity index (χ1v) is 10.9. The highest BCUT2D eigenvalue weighted by Gasteiger charge is 2.30. The van der Waals surface area contributed by atoms with Crippen molar-refractivity contribution in [3.05, 3.63) is 76.9 Å². The predicted octanol–water partition coefficient (Wildman–Crippen LogP) is 4.76. The summed E-state index contributed by atoms with van der Waals surface area (Å²) in [6.45, 7) is 7.60. The van der Waals surface area contributed by atoms with Crippen LogP contribution < -0.4 is 0 Å². The molecular weight excluding hydrogens is 417 g/mol. The maximum atomic E-state index is 12.8. The second kappa shape index (κ2) is 11.3. The second-order valence-corrected chi connectivity index (χ2v) is 7.84. The zero-order valence-electron chi connectivity index (χ0n) is 18.3. The number of alkyl halides is 3. The summed E-state index contributed by atoms with van der Waals surface area (Å²) in [6.07, 6.45) is 0.277. The van der Waals surface area contributed by atoms with Crippen molar-refractivity contribution >= 4 is 12.0 Å². The van der Waals surface area contributed by atoms with E-state index in [-0.39, 0.29) is 5.97 Å². The van der Waals surface area contributed by atoms with E-state index in [0.717, 1.165) is 51.8 Å². The fraction of sp³-hybridized carbons (Fsp3) is 0.400. The maximum Gasteiger partial charge on any atom is 0.416 e. The van der Waals surface area contributed by atoms with Crippen LogP contribution in [0.1, 0.15) is 34.0 Å². The normalized spacial score (nSPS) is 15.9. The number of hydrogen-bond acceptors (Lipinski definition) is 4. The quantitative estimate of drug-likeness (QED) is 0.548. The molecule has 1 aliphatic heterocycles. The number of piperazine rings is 1. The molecule has 0 spiro atoms. The standard InChI is InChI=1S/C25H29F3N2O2/c1-2-32-24(31)22-10-8-20(9-11-22)12-14-30-17-15-29(16-18-30)13-4-6-21-5-3-7-23(19-21)25(26,27)28/h3-11,19H,2,12-18H2,1H3/b6-4+. The number of esters is 1. The molecule has 0 unspecified atom stereocenters. The molecule has 0 amide bonds. The zero-order valence-corrected chi connectivity index (χ0v) is 18.3. The van der Waals surface area contributed by atoms with E-state index in [1.54, 1.807) is 19.1 Å². The van der Waals surface area contributed by atoms with Crippen molar-refractivity contribution in [3.63, 3.8) is 0 Å². The van der Waals surface area contributed by atoms with Crippen molar-refractivity contribution in [3.8, 4) is 0 Å². The van der Waals surface area contributed by atoms with Gasteiger partial charge in [0.1, 0.15) is 0 Å². The third kappa shape index (κ3) is 7.21. The molecule has 0 bridgehead atoms. The summed E-state index contributed by atoms with van der Waals surface area (Å²) >= 11 is 0. The van der Waals surface area contributed by atoms with E-state index < -0.39 is 11.7 Å². The highest BCUT2D eigenvalue weighted by molar-refractivity contribution is 5.89. The Morgan fingerprint density at radius 2 is 1.72 bits per heavy atom. The van der Waals surface area contributed by atoms with Gasteiger partial charge in [0.15, 0.2) is 0 Å². The van der Waals surface area contributed by atoms with Crippen molar-refractivity contribution in [1.29, 1.82) is 0 Å². The molecule has 1 saturated heterocycles. The van der Waals surface area contributed by atoms with E-state index in [0.29, 0.717) is 17.7 Å². The van der Waals surface area contributed by atoms with Gasteiger partial charge < -0.3 is 9.64 Å². The number of nitrogens with zero attached hydrogens (tertiary/aromatic N) is 2. The van der Waals surface area contributed by atoms with Crippen LogP contribution >= 0.6 is 0 Å². The Balaban J connectivity index is 1.39. The molecule has 0 aliphatic carbocycles. The first-order valence-electron chi connectivity index (χ1n) is 10.9. The average Bonchev–Trinajstić information content (AvgIpc) is 2.79. The molecule has 0 atom stereocenters. The predicted molar refractivity (Wildman–Crippen MR) is 119 cm³/mol. The number of benzene rings is 2. The summed E-state index contributed by atoms with van der Waals surface area (Å²) < 4.78 is 43.4.